The van der Waals surface area contributed by atoms with E-state index in [2.05, 4.69) is 9.84 Å². The van der Waals surface area contributed by atoms with Crippen LogP contribution in [0.2, 0.25) is 0 Å². The molecule has 0 radical (unpaired) electrons. The van der Waals surface area contributed by atoms with Crippen LogP contribution in [0.5, 0.6) is 0 Å². The highest BCUT2D eigenvalue weighted by atomic mass is 31.2. The van der Waals surface area contributed by atoms with Crippen LogP contribution in [0.4, 0.5) is 0 Å². The number of aliphatic hydroxyl groups is 1. The van der Waals surface area contributed by atoms with E-state index in [1.54, 1.807) is 0 Å². The number of phosphoric ester groups is 1. The zero-order valence-electron chi connectivity index (χ0n) is 9.89. The van der Waals surface area contributed by atoms with Gasteiger partial charge in [0.2, 0.25) is 0 Å². The van der Waals surface area contributed by atoms with Gasteiger partial charge in [-0.15, -0.1) is 0 Å². The molecule has 0 fully saturated rings. The third-order valence-electron chi connectivity index (χ3n) is 2.25. The summed E-state index contributed by atoms with van der Waals surface area (Å²) in [5.41, 5.74) is 0. The monoisotopic (exact) mass is 255 g/mol. The Balaban J connectivity index is 3.71. The second-order valence-electron chi connectivity index (χ2n) is 3.59. The van der Waals surface area contributed by atoms with E-state index in [0.717, 1.165) is 32.9 Å². The van der Waals surface area contributed by atoms with Crippen molar-refractivity contribution in [2.24, 2.45) is 5.92 Å². The molecule has 2 atom stereocenters. The van der Waals surface area contributed by atoms with Crippen LogP contribution in [0.15, 0.2) is 0 Å². The van der Waals surface area contributed by atoms with Gasteiger partial charge in [-0.1, -0.05) is 6.42 Å². The first-order chi connectivity index (χ1) is 7.55. The van der Waals surface area contributed by atoms with Crippen LogP contribution in [0.3, 0.4) is 0 Å². The molecule has 6 nitrogen and oxygen atoms in total. The number of rotatable bonds is 10. The summed E-state index contributed by atoms with van der Waals surface area (Å²) in [6, 6.07) is 0. The first-order valence-electron chi connectivity index (χ1n) is 5.34. The Kier molecular flexibility index (Phi) is 9.12. The lowest BCUT2D eigenvalue weighted by Crippen LogP contribution is -2.15. The molecule has 0 spiro atoms. The highest BCUT2D eigenvalue weighted by molar-refractivity contribution is 7.47. The van der Waals surface area contributed by atoms with Gasteiger partial charge in [-0.2, -0.15) is 0 Å². The normalized spacial score (nSPS) is 17.0. The molecule has 0 aromatic heterocycles. The highest BCUT2D eigenvalue weighted by Crippen LogP contribution is 2.42. The number of phosphoric acid groups is 1. The molecule has 98 valence electrons. The maximum Gasteiger partial charge on any atom is 0.471 e. The van der Waals surface area contributed by atoms with E-state index in [4.69, 9.17) is 14.5 Å². The number of aliphatic hydroxyl groups excluding tert-OH is 1. The molecular formula is C9H22NO5P. The van der Waals surface area contributed by atoms with E-state index in [1.165, 1.54) is 0 Å². The van der Waals surface area contributed by atoms with E-state index >= 15 is 0 Å². The number of unbranched alkanes of at least 4 members (excludes halogenated alkanes) is 1. The van der Waals surface area contributed by atoms with Crippen molar-refractivity contribution in [3.05, 3.63) is 0 Å². The van der Waals surface area contributed by atoms with Crippen LogP contribution in [0.25, 0.3) is 0 Å². The molecule has 3 N–H and O–H groups in total. The van der Waals surface area contributed by atoms with Crippen molar-refractivity contribution in [3.8, 4) is 0 Å². The summed E-state index contributed by atoms with van der Waals surface area (Å²) >= 11 is 0. The second-order valence-corrected chi connectivity index (χ2v) is 5.16. The lowest BCUT2D eigenvalue weighted by atomic mass is 10.0. The van der Waals surface area contributed by atoms with E-state index < -0.39 is 7.82 Å². The van der Waals surface area contributed by atoms with Crippen LogP contribution < -0.4 is 5.32 Å². The minimum Gasteiger partial charge on any atom is -0.396 e. The van der Waals surface area contributed by atoms with E-state index in [9.17, 15) is 4.57 Å². The van der Waals surface area contributed by atoms with E-state index in [0.29, 0.717) is 0 Å². The Hall–Kier alpha value is 0.0300. The van der Waals surface area contributed by atoms with Gasteiger partial charge in [0.25, 0.3) is 0 Å². The molecule has 0 aromatic rings. The number of nitrogens with one attached hydrogen (secondary N) is 1. The predicted octanol–water partition coefficient (Wildman–Crippen LogP) is 0.748. The van der Waals surface area contributed by atoms with Crippen molar-refractivity contribution in [3.63, 3.8) is 0 Å². The Morgan fingerprint density at radius 2 is 2.12 bits per heavy atom. The fourth-order valence-corrected chi connectivity index (χ4v) is 1.72. The van der Waals surface area contributed by atoms with Crippen molar-refractivity contribution >= 4 is 7.82 Å². The summed E-state index contributed by atoms with van der Waals surface area (Å²) in [5.74, 6) is -0.118. The molecule has 0 saturated carbocycles. The lowest BCUT2D eigenvalue weighted by molar-refractivity contribution is 0.114. The van der Waals surface area contributed by atoms with Crippen LogP contribution in [0.1, 0.15) is 19.3 Å². The van der Waals surface area contributed by atoms with Crippen molar-refractivity contribution in [1.82, 2.24) is 5.32 Å². The minimum absolute atomic E-state index is 0.0394. The molecule has 0 rings (SSSR count). The molecule has 0 aliphatic rings. The zero-order valence-corrected chi connectivity index (χ0v) is 10.8. The standard InChI is InChI=1S/C9H22NO5P/c1-10-6-4-3-5-9(7-11)8-15-16(12,13)14-2/h9-11H,3-8H2,1-2H3,(H,12,13). The van der Waals surface area contributed by atoms with Gasteiger partial charge in [0.1, 0.15) is 0 Å². The minimum atomic E-state index is -3.91. The van der Waals surface area contributed by atoms with Crippen LogP contribution in [0, 0.1) is 5.92 Å². The van der Waals surface area contributed by atoms with Gasteiger partial charge in [0.05, 0.1) is 6.61 Å². The molecule has 7 heteroatoms. The topological polar surface area (TPSA) is 88.0 Å². The number of hydrogen-bond acceptors (Lipinski definition) is 5. The first kappa shape index (κ1) is 16.0. The SMILES string of the molecule is CNCCCCC(CO)COP(=O)(O)OC. The summed E-state index contributed by atoms with van der Waals surface area (Å²) in [7, 11) is -0.914. The van der Waals surface area contributed by atoms with Gasteiger partial charge >= 0.3 is 7.82 Å². The summed E-state index contributed by atoms with van der Waals surface area (Å²) in [6.07, 6.45) is 2.72. The van der Waals surface area contributed by atoms with Gasteiger partial charge in [-0.05, 0) is 26.4 Å². The third kappa shape index (κ3) is 8.21. The molecule has 0 aliphatic heterocycles. The maximum absolute atomic E-state index is 11.0. The maximum atomic E-state index is 11.0. The van der Waals surface area contributed by atoms with Gasteiger partial charge in [-0.25, -0.2) is 4.57 Å². The van der Waals surface area contributed by atoms with Gasteiger partial charge < -0.3 is 15.3 Å². The van der Waals surface area contributed by atoms with Crippen LogP contribution in [-0.2, 0) is 13.6 Å². The molecule has 0 amide bonds. The Morgan fingerprint density at radius 3 is 2.62 bits per heavy atom. The van der Waals surface area contributed by atoms with E-state index in [-0.39, 0.29) is 19.1 Å². The highest BCUT2D eigenvalue weighted by Gasteiger charge is 2.20. The largest absolute Gasteiger partial charge is 0.471 e. The Labute approximate surface area is 96.6 Å². The van der Waals surface area contributed by atoms with Gasteiger partial charge in [0, 0.05) is 19.6 Å². The zero-order chi connectivity index (χ0) is 12.4. The fraction of sp³-hybridized carbons (Fsp3) is 1.00. The average molecular weight is 255 g/mol. The molecule has 16 heavy (non-hydrogen) atoms. The summed E-state index contributed by atoms with van der Waals surface area (Å²) in [4.78, 5) is 9.00. The Bertz CT molecular complexity index is 214. The first-order valence-corrected chi connectivity index (χ1v) is 6.83. The van der Waals surface area contributed by atoms with Crippen molar-refractivity contribution in [2.75, 3.05) is 33.9 Å². The molecule has 0 saturated heterocycles. The second kappa shape index (κ2) is 9.10. The summed E-state index contributed by atoms with van der Waals surface area (Å²) < 4.78 is 20.0. The van der Waals surface area contributed by atoms with Crippen LogP contribution in [-0.4, -0.2) is 43.9 Å². The van der Waals surface area contributed by atoms with Crippen molar-refractivity contribution in [2.45, 2.75) is 19.3 Å². The third-order valence-corrected chi connectivity index (χ3v) is 3.19. The molecule has 0 aromatic carbocycles. The Morgan fingerprint density at radius 1 is 1.44 bits per heavy atom. The van der Waals surface area contributed by atoms with Crippen molar-refractivity contribution < 1.29 is 23.6 Å². The lowest BCUT2D eigenvalue weighted by Gasteiger charge is -2.16. The average Bonchev–Trinajstić information content (AvgIpc) is 2.28. The van der Waals surface area contributed by atoms with E-state index in [1.807, 2.05) is 7.05 Å². The molecular weight excluding hydrogens is 233 g/mol. The quantitative estimate of drug-likeness (QED) is 0.394. The molecule has 0 aliphatic carbocycles. The van der Waals surface area contributed by atoms with Crippen molar-refractivity contribution in [1.29, 1.82) is 0 Å². The fourth-order valence-electron chi connectivity index (χ4n) is 1.21. The molecule has 0 bridgehead atoms. The molecule has 0 heterocycles. The number of hydrogen-bond donors (Lipinski definition) is 3. The van der Waals surface area contributed by atoms with Gasteiger partial charge in [0.15, 0.2) is 0 Å². The predicted molar refractivity (Wildman–Crippen MR) is 61.1 cm³/mol. The van der Waals surface area contributed by atoms with Gasteiger partial charge in [-0.3, -0.25) is 9.05 Å². The molecule has 2 unspecified atom stereocenters. The van der Waals surface area contributed by atoms with Crippen LogP contribution >= 0.6 is 7.82 Å². The smallest absolute Gasteiger partial charge is 0.396 e. The summed E-state index contributed by atoms with van der Waals surface area (Å²) in [6.45, 7) is 0.913. The summed E-state index contributed by atoms with van der Waals surface area (Å²) in [5, 5.41) is 12.1.